The van der Waals surface area contributed by atoms with Gasteiger partial charge in [0.05, 0.1) is 24.9 Å². The van der Waals surface area contributed by atoms with E-state index in [4.69, 9.17) is 21.4 Å². The van der Waals surface area contributed by atoms with Crippen molar-refractivity contribution in [3.8, 4) is 5.69 Å². The first kappa shape index (κ1) is 25.1. The first-order valence-electron chi connectivity index (χ1n) is 11.5. The van der Waals surface area contributed by atoms with E-state index < -0.39 is 5.97 Å². The van der Waals surface area contributed by atoms with Crippen LogP contribution in [0.4, 0.5) is 0 Å². The van der Waals surface area contributed by atoms with Crippen molar-refractivity contribution in [1.82, 2.24) is 19.3 Å². The van der Waals surface area contributed by atoms with Crippen molar-refractivity contribution >= 4 is 50.2 Å². The molecule has 0 bridgehead atoms. The maximum Gasteiger partial charge on any atom is 0.359 e. The molecule has 0 amide bonds. The van der Waals surface area contributed by atoms with Gasteiger partial charge in [-0.25, -0.2) is 14.5 Å². The molecule has 4 rings (SSSR count). The Morgan fingerprint density at radius 1 is 1.14 bits per heavy atom. The number of para-hydroxylation sites is 1. The number of methoxy groups -OCH3 is 1. The van der Waals surface area contributed by atoms with Gasteiger partial charge in [-0.05, 0) is 52.2 Å². The van der Waals surface area contributed by atoms with Gasteiger partial charge < -0.3 is 9.30 Å². The monoisotopic (exact) mass is 556 g/mol. The standard InChI is InChI=1S/C26H26BrClN4O3/c1-4-6-11-22-29-23(26(34)35-3)25(28)31(22)15-16-12-13-19-18(14-16)24(27)32(30-19)20-10-8-7-9-17(20)21(33)5-2/h7-10,12-14H,4-6,11,15H2,1-3H3. The van der Waals surface area contributed by atoms with E-state index in [1.807, 2.05) is 54.0 Å². The number of Topliss-reactive ketones (excluding diaryl/α,β-unsaturated/α-hetero) is 1. The predicted octanol–water partition coefficient (Wildman–Crippen LogP) is 6.41. The molecule has 0 aliphatic rings. The highest BCUT2D eigenvalue weighted by Crippen LogP contribution is 2.30. The van der Waals surface area contributed by atoms with Crippen LogP contribution in [0.3, 0.4) is 0 Å². The highest BCUT2D eigenvalue weighted by atomic mass is 79.9. The SMILES string of the molecule is CCCCc1nc(C(=O)OC)c(Cl)n1Cc1ccc2nn(-c3ccccc3C(=O)CC)c(Br)c2c1. The second-order valence-corrected chi connectivity index (χ2v) is 9.31. The number of hydrogen-bond acceptors (Lipinski definition) is 5. The van der Waals surface area contributed by atoms with Gasteiger partial charge in [0, 0.05) is 23.8 Å². The molecule has 0 fully saturated rings. The normalized spacial score (nSPS) is 11.2. The molecule has 2 heterocycles. The fraction of sp³-hybridized carbons (Fsp3) is 0.308. The van der Waals surface area contributed by atoms with E-state index in [0.717, 1.165) is 45.4 Å². The first-order valence-corrected chi connectivity index (χ1v) is 12.7. The van der Waals surface area contributed by atoms with Gasteiger partial charge in [-0.2, -0.15) is 5.10 Å². The van der Waals surface area contributed by atoms with Gasteiger partial charge in [-0.15, -0.1) is 0 Å². The maximum absolute atomic E-state index is 12.5. The van der Waals surface area contributed by atoms with Crippen LogP contribution in [-0.4, -0.2) is 38.2 Å². The molecule has 4 aromatic rings. The maximum atomic E-state index is 12.5. The van der Waals surface area contributed by atoms with Crippen molar-refractivity contribution in [2.45, 2.75) is 46.1 Å². The van der Waals surface area contributed by atoms with Gasteiger partial charge in [0.2, 0.25) is 0 Å². The Kier molecular flexibility index (Phi) is 7.72. The number of esters is 1. The molecule has 0 aliphatic carbocycles. The zero-order valence-corrected chi connectivity index (χ0v) is 22.2. The second kappa shape index (κ2) is 10.7. The van der Waals surface area contributed by atoms with E-state index in [0.29, 0.717) is 24.9 Å². The molecule has 2 aromatic heterocycles. The average Bonchev–Trinajstić information content (AvgIpc) is 3.38. The Labute approximate surface area is 217 Å². The molecule has 0 atom stereocenters. The van der Waals surface area contributed by atoms with E-state index in [-0.39, 0.29) is 16.6 Å². The summed E-state index contributed by atoms with van der Waals surface area (Å²) in [5, 5.41) is 5.91. The number of halogens is 2. The topological polar surface area (TPSA) is 79.0 Å². The summed E-state index contributed by atoms with van der Waals surface area (Å²) in [5.41, 5.74) is 3.25. The number of carbonyl (C=O) groups excluding carboxylic acids is 2. The van der Waals surface area contributed by atoms with Gasteiger partial charge >= 0.3 is 5.97 Å². The molecule has 0 unspecified atom stereocenters. The number of hydrogen-bond donors (Lipinski definition) is 0. The lowest BCUT2D eigenvalue weighted by atomic mass is 10.1. The summed E-state index contributed by atoms with van der Waals surface area (Å²) >= 11 is 10.3. The molecule has 0 N–H and O–H groups in total. The van der Waals surface area contributed by atoms with Gasteiger partial charge in [-0.3, -0.25) is 4.79 Å². The molecule has 0 saturated carbocycles. The molecule has 0 aliphatic heterocycles. The smallest absolute Gasteiger partial charge is 0.359 e. The Hall–Kier alpha value is -2.97. The number of aromatic nitrogens is 4. The summed E-state index contributed by atoms with van der Waals surface area (Å²) in [4.78, 5) is 29.1. The Morgan fingerprint density at radius 3 is 2.63 bits per heavy atom. The average molecular weight is 558 g/mol. The van der Waals surface area contributed by atoms with Crippen molar-refractivity contribution < 1.29 is 14.3 Å². The van der Waals surface area contributed by atoms with Crippen LogP contribution in [0.2, 0.25) is 5.15 Å². The summed E-state index contributed by atoms with van der Waals surface area (Å²) in [7, 11) is 1.32. The van der Waals surface area contributed by atoms with Crippen LogP contribution in [-0.2, 0) is 17.7 Å². The second-order valence-electron chi connectivity index (χ2n) is 8.20. The van der Waals surface area contributed by atoms with Crippen LogP contribution in [0.5, 0.6) is 0 Å². The molecule has 182 valence electrons. The minimum absolute atomic E-state index is 0.0588. The number of carbonyl (C=O) groups is 2. The third kappa shape index (κ3) is 4.90. The van der Waals surface area contributed by atoms with Crippen molar-refractivity contribution in [2.24, 2.45) is 0 Å². The fourth-order valence-electron chi connectivity index (χ4n) is 4.02. The van der Waals surface area contributed by atoms with Gasteiger partial charge in [0.15, 0.2) is 11.5 Å². The number of rotatable bonds is 9. The number of ketones is 1. The summed E-state index contributed by atoms with van der Waals surface area (Å²) in [6.45, 7) is 4.40. The molecule has 7 nitrogen and oxygen atoms in total. The lowest BCUT2D eigenvalue weighted by molar-refractivity contribution is 0.0594. The predicted molar refractivity (Wildman–Crippen MR) is 140 cm³/mol. The molecular formula is C26H26BrClN4O3. The van der Waals surface area contributed by atoms with Crippen LogP contribution < -0.4 is 0 Å². The molecule has 9 heteroatoms. The zero-order valence-electron chi connectivity index (χ0n) is 19.8. The van der Waals surface area contributed by atoms with E-state index in [2.05, 4.69) is 27.8 Å². The van der Waals surface area contributed by atoms with Crippen molar-refractivity contribution in [2.75, 3.05) is 7.11 Å². The summed E-state index contributed by atoms with van der Waals surface area (Å²) < 4.78 is 9.22. The molecule has 0 saturated heterocycles. The number of nitrogens with zero attached hydrogens (tertiary/aromatic N) is 4. The quantitative estimate of drug-likeness (QED) is 0.176. The summed E-state index contributed by atoms with van der Waals surface area (Å²) in [6, 6.07) is 13.4. The lowest BCUT2D eigenvalue weighted by Crippen LogP contribution is -2.06. The molecule has 35 heavy (non-hydrogen) atoms. The van der Waals surface area contributed by atoms with E-state index >= 15 is 0 Å². The van der Waals surface area contributed by atoms with Crippen LogP contribution in [0, 0.1) is 0 Å². The minimum atomic E-state index is -0.550. The lowest BCUT2D eigenvalue weighted by Gasteiger charge is -2.10. The largest absolute Gasteiger partial charge is 0.464 e. The summed E-state index contributed by atoms with van der Waals surface area (Å²) in [6.07, 6.45) is 3.05. The molecular weight excluding hydrogens is 532 g/mol. The van der Waals surface area contributed by atoms with E-state index in [1.165, 1.54) is 7.11 Å². The Bertz CT molecular complexity index is 1410. The number of aryl methyl sites for hydroxylation is 1. The van der Waals surface area contributed by atoms with Crippen molar-refractivity contribution in [3.63, 3.8) is 0 Å². The van der Waals surface area contributed by atoms with Gasteiger partial charge in [0.1, 0.15) is 15.6 Å². The van der Waals surface area contributed by atoms with E-state index in [1.54, 1.807) is 4.68 Å². The van der Waals surface area contributed by atoms with Crippen LogP contribution in [0.1, 0.15) is 65.3 Å². The van der Waals surface area contributed by atoms with Crippen LogP contribution in [0.15, 0.2) is 47.1 Å². The van der Waals surface area contributed by atoms with Crippen LogP contribution in [0.25, 0.3) is 16.6 Å². The fourth-order valence-corrected chi connectivity index (χ4v) is 4.88. The van der Waals surface area contributed by atoms with Crippen molar-refractivity contribution in [3.05, 3.63) is 74.9 Å². The Morgan fingerprint density at radius 2 is 1.91 bits per heavy atom. The first-order chi connectivity index (χ1) is 16.9. The van der Waals surface area contributed by atoms with Gasteiger partial charge in [-0.1, -0.05) is 50.1 Å². The Balaban J connectivity index is 1.75. The number of imidazole rings is 1. The van der Waals surface area contributed by atoms with Gasteiger partial charge in [0.25, 0.3) is 0 Å². The van der Waals surface area contributed by atoms with Crippen molar-refractivity contribution in [1.29, 1.82) is 0 Å². The molecule has 2 aromatic carbocycles. The number of fused-ring (bicyclic) bond motifs is 1. The van der Waals surface area contributed by atoms with Crippen LogP contribution >= 0.6 is 27.5 Å². The number of ether oxygens (including phenoxy) is 1. The zero-order chi connectivity index (χ0) is 25.1. The minimum Gasteiger partial charge on any atom is -0.464 e. The highest BCUT2D eigenvalue weighted by Gasteiger charge is 2.22. The third-order valence-corrected chi connectivity index (χ3v) is 7.03. The molecule has 0 spiro atoms. The molecule has 0 radical (unpaired) electrons. The number of benzene rings is 2. The highest BCUT2D eigenvalue weighted by molar-refractivity contribution is 9.10. The summed E-state index contributed by atoms with van der Waals surface area (Å²) in [5.74, 6) is 0.258. The third-order valence-electron chi connectivity index (χ3n) is 5.89. The number of unbranched alkanes of at least 4 members (excludes halogenated alkanes) is 1. The van der Waals surface area contributed by atoms with E-state index in [9.17, 15) is 9.59 Å².